The second-order valence-electron chi connectivity index (χ2n) is 10.4. The van der Waals surface area contributed by atoms with Crippen molar-refractivity contribution in [3.8, 4) is 22.8 Å². The molecule has 1 N–H and O–H groups in total. The van der Waals surface area contributed by atoms with E-state index in [9.17, 15) is 9.59 Å². The number of benzene rings is 1. The number of aromatic nitrogens is 5. The number of ether oxygens (including phenoxy) is 1. The summed E-state index contributed by atoms with van der Waals surface area (Å²) in [5.74, 6) is 0.221. The maximum absolute atomic E-state index is 12.6. The summed E-state index contributed by atoms with van der Waals surface area (Å²) < 4.78 is 7.28. The molecule has 0 aliphatic carbocycles. The second kappa shape index (κ2) is 10.1. The number of esters is 1. The number of amides is 1. The molecule has 0 spiro atoms. The first-order valence-corrected chi connectivity index (χ1v) is 11.2. The molecular weight excluding hydrogens is 432 g/mol. The van der Waals surface area contributed by atoms with Crippen LogP contribution in [0.4, 0.5) is 0 Å². The quantitative estimate of drug-likeness (QED) is 0.529. The topological polar surface area (TPSA) is 112 Å². The van der Waals surface area contributed by atoms with Gasteiger partial charge in [0.1, 0.15) is 13.2 Å². The number of hydrogen-bond donors (Lipinski definition) is 1. The third-order valence-corrected chi connectivity index (χ3v) is 4.70. The summed E-state index contributed by atoms with van der Waals surface area (Å²) in [6.45, 7) is 11.7. The fraction of sp³-hybridized carbons (Fsp3) is 0.440. The van der Waals surface area contributed by atoms with E-state index in [2.05, 4.69) is 25.7 Å². The van der Waals surface area contributed by atoms with Gasteiger partial charge in [-0.3, -0.25) is 9.59 Å². The lowest BCUT2D eigenvalue weighted by Gasteiger charge is -2.21. The van der Waals surface area contributed by atoms with E-state index in [0.29, 0.717) is 17.1 Å². The first-order valence-electron chi connectivity index (χ1n) is 11.2. The lowest BCUT2D eigenvalue weighted by molar-refractivity contribution is -0.147. The molecule has 0 atom stereocenters. The fourth-order valence-corrected chi connectivity index (χ4v) is 3.30. The summed E-state index contributed by atoms with van der Waals surface area (Å²) in [7, 11) is 0. The summed E-state index contributed by atoms with van der Waals surface area (Å²) in [5, 5.41) is 19.9. The molecule has 180 valence electrons. The summed E-state index contributed by atoms with van der Waals surface area (Å²) in [4.78, 5) is 24.9. The van der Waals surface area contributed by atoms with Crippen LogP contribution in [0.5, 0.6) is 0 Å². The van der Waals surface area contributed by atoms with Gasteiger partial charge in [-0.05, 0) is 32.3 Å². The minimum atomic E-state index is -0.364. The molecule has 1 amide bonds. The predicted molar refractivity (Wildman–Crippen MR) is 128 cm³/mol. The molecule has 0 unspecified atom stereocenters. The van der Waals surface area contributed by atoms with Crippen molar-refractivity contribution in [2.45, 2.75) is 66.7 Å². The van der Waals surface area contributed by atoms with Crippen molar-refractivity contribution in [2.24, 2.45) is 5.41 Å². The van der Waals surface area contributed by atoms with Crippen LogP contribution >= 0.6 is 0 Å². The molecule has 0 bridgehead atoms. The van der Waals surface area contributed by atoms with E-state index in [-0.39, 0.29) is 48.2 Å². The monoisotopic (exact) mass is 464 g/mol. The molecule has 9 heteroatoms. The van der Waals surface area contributed by atoms with Crippen molar-refractivity contribution >= 4 is 11.9 Å². The van der Waals surface area contributed by atoms with Crippen LogP contribution in [0.25, 0.3) is 22.8 Å². The molecule has 0 saturated heterocycles. The van der Waals surface area contributed by atoms with Gasteiger partial charge in [-0.15, -0.1) is 20.4 Å². The summed E-state index contributed by atoms with van der Waals surface area (Å²) in [6, 6.07) is 11.2. The van der Waals surface area contributed by atoms with Crippen molar-refractivity contribution in [2.75, 3.05) is 0 Å². The minimum absolute atomic E-state index is 0.0240. The minimum Gasteiger partial charge on any atom is -0.459 e. The molecule has 0 aliphatic heterocycles. The Morgan fingerprint density at radius 3 is 2.12 bits per heavy atom. The van der Waals surface area contributed by atoms with Crippen LogP contribution in [0.15, 0.2) is 42.6 Å². The Morgan fingerprint density at radius 1 is 0.912 bits per heavy atom. The Morgan fingerprint density at radius 2 is 1.53 bits per heavy atom. The predicted octanol–water partition coefficient (Wildman–Crippen LogP) is 3.80. The van der Waals surface area contributed by atoms with Crippen LogP contribution in [0.2, 0.25) is 0 Å². The zero-order chi connectivity index (χ0) is 24.9. The highest BCUT2D eigenvalue weighted by Crippen LogP contribution is 2.24. The van der Waals surface area contributed by atoms with E-state index in [1.165, 1.54) is 0 Å². The van der Waals surface area contributed by atoms with Gasteiger partial charge in [0.2, 0.25) is 17.6 Å². The lowest BCUT2D eigenvalue weighted by Crippen LogP contribution is -2.42. The zero-order valence-electron chi connectivity index (χ0n) is 20.6. The van der Waals surface area contributed by atoms with Crippen molar-refractivity contribution < 1.29 is 14.3 Å². The third-order valence-electron chi connectivity index (χ3n) is 4.70. The van der Waals surface area contributed by atoms with E-state index in [1.807, 2.05) is 71.9 Å². The van der Waals surface area contributed by atoms with Gasteiger partial charge >= 0.3 is 5.97 Å². The molecule has 0 fully saturated rings. The second-order valence-corrected chi connectivity index (χ2v) is 10.4. The van der Waals surface area contributed by atoms with Gasteiger partial charge in [0.15, 0.2) is 0 Å². The maximum atomic E-state index is 12.6. The molecular formula is C25H32N6O3. The van der Waals surface area contributed by atoms with Crippen molar-refractivity contribution in [3.63, 3.8) is 0 Å². The molecule has 2 aromatic heterocycles. The van der Waals surface area contributed by atoms with Gasteiger partial charge in [0.05, 0.1) is 12.1 Å². The van der Waals surface area contributed by atoms with Gasteiger partial charge in [0, 0.05) is 22.9 Å². The van der Waals surface area contributed by atoms with Crippen LogP contribution in [0, 0.1) is 5.41 Å². The van der Waals surface area contributed by atoms with Gasteiger partial charge in [0.25, 0.3) is 0 Å². The van der Waals surface area contributed by atoms with Crippen molar-refractivity contribution in [3.05, 3.63) is 48.3 Å². The Labute approximate surface area is 200 Å². The Balaban J connectivity index is 1.87. The van der Waals surface area contributed by atoms with Gasteiger partial charge in [-0.2, -0.15) is 0 Å². The molecule has 0 radical (unpaired) electrons. The summed E-state index contributed by atoms with van der Waals surface area (Å²) in [6.07, 6.45) is 2.03. The molecule has 0 aliphatic rings. The van der Waals surface area contributed by atoms with Crippen LogP contribution in [0.1, 0.15) is 53.7 Å². The van der Waals surface area contributed by atoms with E-state index < -0.39 is 0 Å². The fourth-order valence-electron chi connectivity index (χ4n) is 3.30. The van der Waals surface area contributed by atoms with Crippen LogP contribution in [-0.4, -0.2) is 42.4 Å². The van der Waals surface area contributed by atoms with E-state index >= 15 is 0 Å². The van der Waals surface area contributed by atoms with Crippen molar-refractivity contribution in [1.82, 2.24) is 30.3 Å². The number of nitrogens with zero attached hydrogens (tertiary/aromatic N) is 5. The van der Waals surface area contributed by atoms with Gasteiger partial charge in [-0.1, -0.05) is 51.1 Å². The molecule has 3 rings (SSSR count). The Kier molecular flexibility index (Phi) is 7.44. The zero-order valence-corrected chi connectivity index (χ0v) is 20.6. The molecule has 34 heavy (non-hydrogen) atoms. The number of hydrogen-bond acceptors (Lipinski definition) is 7. The Bertz CT molecular complexity index is 1130. The largest absolute Gasteiger partial charge is 0.459 e. The number of carbonyl (C=O) groups is 2. The van der Waals surface area contributed by atoms with Gasteiger partial charge in [-0.25, -0.2) is 0 Å². The highest BCUT2D eigenvalue weighted by Gasteiger charge is 2.22. The van der Waals surface area contributed by atoms with E-state index in [4.69, 9.17) is 4.74 Å². The normalized spacial score (nSPS) is 11.8. The molecule has 9 nitrogen and oxygen atoms in total. The first-order chi connectivity index (χ1) is 15.9. The standard InChI is InChI=1S/C25H32N6O3/c1-24(2,3)14-21(33)34-16-19-18(12-13-31(19)15-20(32)26-25(4,5)6)23-29-27-22(28-30-23)17-10-8-7-9-11-17/h7-13H,14-16H2,1-6H3,(H,26,32). The van der Waals surface area contributed by atoms with E-state index in [0.717, 1.165) is 5.56 Å². The van der Waals surface area contributed by atoms with Crippen LogP contribution in [-0.2, 0) is 27.5 Å². The smallest absolute Gasteiger partial charge is 0.306 e. The third kappa shape index (κ3) is 7.19. The van der Waals surface area contributed by atoms with Gasteiger partial charge < -0.3 is 14.6 Å². The highest BCUT2D eigenvalue weighted by molar-refractivity contribution is 5.77. The Hall–Kier alpha value is -3.62. The first kappa shape index (κ1) is 25.0. The number of nitrogens with one attached hydrogen (secondary N) is 1. The maximum Gasteiger partial charge on any atom is 0.306 e. The molecule has 0 saturated carbocycles. The molecule has 1 aromatic carbocycles. The van der Waals surface area contributed by atoms with Crippen LogP contribution < -0.4 is 5.32 Å². The molecule has 3 aromatic rings. The highest BCUT2D eigenvalue weighted by atomic mass is 16.5. The average Bonchev–Trinajstić information content (AvgIpc) is 3.12. The SMILES string of the molecule is CC(C)(C)CC(=O)OCc1c(-c2nnc(-c3ccccc3)nn2)ccn1CC(=O)NC(C)(C)C. The summed E-state index contributed by atoms with van der Waals surface area (Å²) >= 11 is 0. The van der Waals surface area contributed by atoms with E-state index in [1.54, 1.807) is 16.8 Å². The number of carbonyl (C=O) groups excluding carboxylic acids is 2. The lowest BCUT2D eigenvalue weighted by atomic mass is 9.92. The summed E-state index contributed by atoms with van der Waals surface area (Å²) in [5.41, 5.74) is 1.45. The van der Waals surface area contributed by atoms with Crippen molar-refractivity contribution in [1.29, 1.82) is 0 Å². The van der Waals surface area contributed by atoms with Crippen LogP contribution in [0.3, 0.4) is 0 Å². The average molecular weight is 465 g/mol. The number of rotatable bonds is 7. The molecule has 2 heterocycles.